The highest BCUT2D eigenvalue weighted by molar-refractivity contribution is 6.11. The van der Waals surface area contributed by atoms with Gasteiger partial charge in [0.15, 0.2) is 0 Å². The lowest BCUT2D eigenvalue weighted by Gasteiger charge is -2.26. The number of hydrogen-bond acceptors (Lipinski definition) is 6. The summed E-state index contributed by atoms with van der Waals surface area (Å²) in [4.78, 5) is 17.6. The highest BCUT2D eigenvalue weighted by Gasteiger charge is 2.67. The molecule has 4 atom stereocenters. The van der Waals surface area contributed by atoms with Gasteiger partial charge in [-0.15, -0.1) is 0 Å². The number of allylic oxidation sites excluding steroid dienone is 3. The van der Waals surface area contributed by atoms with Gasteiger partial charge >= 0.3 is 0 Å². The van der Waals surface area contributed by atoms with Crippen molar-refractivity contribution in [3.8, 4) is 5.75 Å². The van der Waals surface area contributed by atoms with E-state index in [1.807, 2.05) is 25.2 Å². The van der Waals surface area contributed by atoms with E-state index in [0.29, 0.717) is 0 Å². The molecule has 1 amide bonds. The van der Waals surface area contributed by atoms with E-state index < -0.39 is 5.41 Å². The van der Waals surface area contributed by atoms with Crippen LogP contribution in [0, 0.1) is 11.8 Å². The predicted molar refractivity (Wildman–Crippen MR) is 153 cm³/mol. The maximum Gasteiger partial charge on any atom is 0.238 e. The van der Waals surface area contributed by atoms with Crippen molar-refractivity contribution in [3.05, 3.63) is 89.0 Å². The van der Waals surface area contributed by atoms with Gasteiger partial charge in [0.1, 0.15) is 5.75 Å². The van der Waals surface area contributed by atoms with Crippen molar-refractivity contribution in [2.24, 2.45) is 16.9 Å². The molecule has 1 saturated heterocycles. The van der Waals surface area contributed by atoms with Gasteiger partial charge in [-0.25, -0.2) is 0 Å². The second-order valence-corrected chi connectivity index (χ2v) is 11.2. The largest absolute Gasteiger partial charge is 0.497 e. The molecule has 1 spiro atoms. The lowest BCUT2D eigenvalue weighted by Crippen LogP contribution is -2.35. The Morgan fingerprint density at radius 1 is 1.15 bits per heavy atom. The van der Waals surface area contributed by atoms with Crippen LogP contribution < -0.4 is 15.1 Å². The Hall–Kier alpha value is -3.68. The number of hydrogen-bond donors (Lipinski definition) is 1. The lowest BCUT2D eigenvalue weighted by molar-refractivity contribution is -0.120. The third-order valence-electron chi connectivity index (χ3n) is 8.97. The molecule has 3 heterocycles. The SMILES string of the molecule is COc1ccc2c(c1)[C@]1(C[C@H]1C1=CC3NN=C(/C=C/c4ccc(CN5CCOCC5)cc4)C3C=C1)C(=O)N2C. The molecule has 5 aliphatic rings. The molecule has 2 fully saturated rings. The van der Waals surface area contributed by atoms with Crippen LogP contribution in [0.15, 0.2) is 77.4 Å². The molecule has 0 bridgehead atoms. The van der Waals surface area contributed by atoms with Crippen molar-refractivity contribution >= 4 is 23.4 Å². The van der Waals surface area contributed by atoms with E-state index in [2.05, 4.69) is 70.1 Å². The highest BCUT2D eigenvalue weighted by atomic mass is 16.5. The Kier molecular flexibility index (Phi) is 5.94. The van der Waals surface area contributed by atoms with E-state index in [1.54, 1.807) is 12.0 Å². The zero-order valence-corrected chi connectivity index (χ0v) is 22.5. The van der Waals surface area contributed by atoms with Gasteiger partial charge in [-0.05, 0) is 53.0 Å². The van der Waals surface area contributed by atoms with Crippen molar-refractivity contribution in [1.29, 1.82) is 0 Å². The van der Waals surface area contributed by atoms with Crippen LogP contribution in [0.3, 0.4) is 0 Å². The van der Waals surface area contributed by atoms with E-state index >= 15 is 0 Å². The second-order valence-electron chi connectivity index (χ2n) is 11.2. The normalized spacial score (nSPS) is 29.3. The fraction of sp³-hybridized carbons (Fsp3) is 0.375. The molecule has 7 heteroatoms. The zero-order chi connectivity index (χ0) is 26.6. The molecule has 1 saturated carbocycles. The summed E-state index contributed by atoms with van der Waals surface area (Å²) in [5, 5.41) is 4.65. The van der Waals surface area contributed by atoms with Crippen molar-refractivity contribution in [1.82, 2.24) is 10.3 Å². The van der Waals surface area contributed by atoms with Gasteiger partial charge < -0.3 is 19.8 Å². The maximum atomic E-state index is 13.4. The van der Waals surface area contributed by atoms with E-state index in [0.717, 1.165) is 62.0 Å². The third kappa shape index (κ3) is 4.12. The number of methoxy groups -OCH3 is 1. The quantitative estimate of drug-likeness (QED) is 0.623. The molecule has 3 aliphatic heterocycles. The Balaban J connectivity index is 1.02. The Morgan fingerprint density at radius 2 is 1.97 bits per heavy atom. The molecule has 200 valence electrons. The summed E-state index contributed by atoms with van der Waals surface area (Å²) in [6.45, 7) is 4.61. The van der Waals surface area contributed by atoms with Gasteiger partial charge in [0.05, 0.1) is 37.5 Å². The summed E-state index contributed by atoms with van der Waals surface area (Å²) in [5.74, 6) is 1.34. The van der Waals surface area contributed by atoms with Crippen LogP contribution in [0.25, 0.3) is 6.08 Å². The van der Waals surface area contributed by atoms with Crippen LogP contribution in [0.5, 0.6) is 5.75 Å². The Labute approximate surface area is 229 Å². The van der Waals surface area contributed by atoms with Gasteiger partial charge in [0.2, 0.25) is 5.91 Å². The predicted octanol–water partition coefficient (Wildman–Crippen LogP) is 3.92. The minimum atomic E-state index is -0.474. The first-order valence-corrected chi connectivity index (χ1v) is 13.8. The number of amides is 1. The number of fused-ring (bicyclic) bond motifs is 3. The summed E-state index contributed by atoms with van der Waals surface area (Å²) >= 11 is 0. The van der Waals surface area contributed by atoms with Crippen molar-refractivity contribution in [2.75, 3.05) is 45.4 Å². The summed E-state index contributed by atoms with van der Waals surface area (Å²) < 4.78 is 10.9. The van der Waals surface area contributed by atoms with E-state index in [9.17, 15) is 4.79 Å². The highest BCUT2D eigenvalue weighted by Crippen LogP contribution is 2.65. The zero-order valence-electron chi connectivity index (χ0n) is 22.5. The van der Waals surface area contributed by atoms with Gasteiger partial charge in [0.25, 0.3) is 0 Å². The molecule has 2 unspecified atom stereocenters. The number of nitrogens with one attached hydrogen (secondary N) is 1. The molecule has 2 aromatic carbocycles. The molecule has 39 heavy (non-hydrogen) atoms. The van der Waals surface area contributed by atoms with Crippen molar-refractivity contribution in [2.45, 2.75) is 24.4 Å². The minimum absolute atomic E-state index is 0.109. The number of carbonyl (C=O) groups excluding carboxylic acids is 1. The standard InChI is InChI=1S/C32H34N4O3/c1-35-30-12-9-24(38-2)18-26(30)32(31(35)37)19-27(32)23-8-10-25-28(33-34-29(25)17-23)11-7-21-3-5-22(6-4-21)20-36-13-15-39-16-14-36/h3-12,17-18,25,27,29,34H,13-16,19-20H2,1-2H3/b11-7+/t25?,27-,29?,32-/m0/s1. The smallest absolute Gasteiger partial charge is 0.238 e. The van der Waals surface area contributed by atoms with E-state index in [-0.39, 0.29) is 23.8 Å². The van der Waals surface area contributed by atoms with Crippen molar-refractivity contribution in [3.63, 3.8) is 0 Å². The second kappa shape index (κ2) is 9.50. The summed E-state index contributed by atoms with van der Waals surface area (Å²) in [6, 6.07) is 14.9. The first kappa shape index (κ1) is 24.4. The van der Waals surface area contributed by atoms with E-state index in [1.165, 1.54) is 16.7 Å². The molecule has 0 aromatic heterocycles. The third-order valence-corrected chi connectivity index (χ3v) is 8.97. The lowest BCUT2D eigenvalue weighted by atomic mass is 9.85. The Morgan fingerprint density at radius 3 is 2.77 bits per heavy atom. The number of nitrogens with zero attached hydrogens (tertiary/aromatic N) is 3. The fourth-order valence-electron chi connectivity index (χ4n) is 6.65. The van der Waals surface area contributed by atoms with Crippen molar-refractivity contribution < 1.29 is 14.3 Å². The molecular weight excluding hydrogens is 488 g/mol. The minimum Gasteiger partial charge on any atom is -0.497 e. The fourth-order valence-corrected chi connectivity index (χ4v) is 6.65. The Bertz CT molecular complexity index is 1420. The van der Waals surface area contributed by atoms with Crippen LogP contribution in [-0.4, -0.2) is 63.0 Å². The van der Waals surface area contributed by atoms with E-state index in [4.69, 9.17) is 9.47 Å². The number of morpholine rings is 1. The molecule has 1 N–H and O–H groups in total. The van der Waals surface area contributed by atoms with Crippen LogP contribution in [0.2, 0.25) is 0 Å². The summed E-state index contributed by atoms with van der Waals surface area (Å²) in [7, 11) is 3.55. The van der Waals surface area contributed by atoms with Gasteiger partial charge in [0, 0.05) is 44.2 Å². The topological polar surface area (TPSA) is 66.4 Å². The first-order valence-electron chi connectivity index (χ1n) is 13.8. The number of hydrazone groups is 1. The van der Waals surface area contributed by atoms with Gasteiger partial charge in [-0.1, -0.05) is 48.6 Å². The first-order chi connectivity index (χ1) is 19.1. The summed E-state index contributed by atoms with van der Waals surface area (Å²) in [5.41, 5.74) is 9.67. The number of anilines is 1. The maximum absolute atomic E-state index is 13.4. The number of ether oxygens (including phenoxy) is 2. The van der Waals surface area contributed by atoms with Crippen LogP contribution in [0.1, 0.15) is 23.1 Å². The number of carbonyl (C=O) groups is 1. The molecule has 7 rings (SSSR count). The van der Waals surface area contributed by atoms with Crippen LogP contribution in [0.4, 0.5) is 5.69 Å². The monoisotopic (exact) mass is 522 g/mol. The molecular formula is C32H34N4O3. The van der Waals surface area contributed by atoms with Crippen LogP contribution >= 0.6 is 0 Å². The molecule has 0 radical (unpaired) electrons. The number of rotatable bonds is 6. The van der Waals surface area contributed by atoms with Gasteiger partial charge in [-0.2, -0.15) is 5.10 Å². The van der Waals surface area contributed by atoms with Crippen LogP contribution in [-0.2, 0) is 21.5 Å². The summed E-state index contributed by atoms with van der Waals surface area (Å²) in [6.07, 6.45) is 11.8. The molecule has 7 nitrogen and oxygen atoms in total. The molecule has 2 aliphatic carbocycles. The average molecular weight is 523 g/mol. The number of likely N-dealkylation sites (N-methyl/N-ethyl adjacent to an activating group) is 1. The molecule has 2 aromatic rings. The van der Waals surface area contributed by atoms with Gasteiger partial charge in [-0.3, -0.25) is 9.69 Å². The number of benzene rings is 2. The average Bonchev–Trinajstić information content (AvgIpc) is 3.56.